The maximum atomic E-state index is 13.4. The van der Waals surface area contributed by atoms with Gasteiger partial charge in [0.05, 0.1) is 0 Å². The van der Waals surface area contributed by atoms with Crippen molar-refractivity contribution in [2.24, 2.45) is 5.73 Å². The van der Waals surface area contributed by atoms with E-state index in [1.807, 2.05) is 6.07 Å². The number of halogens is 2. The van der Waals surface area contributed by atoms with Crippen LogP contribution in [0.1, 0.15) is 5.56 Å². The van der Waals surface area contributed by atoms with Gasteiger partial charge in [-0.05, 0) is 23.8 Å². The molecule has 17 heavy (non-hydrogen) atoms. The molecule has 5 heteroatoms. The Kier molecular flexibility index (Phi) is 3.71. The molecule has 1 aromatic heterocycles. The average molecular weight is 252 g/mol. The van der Waals surface area contributed by atoms with Gasteiger partial charge in [0.15, 0.2) is 0 Å². The van der Waals surface area contributed by atoms with E-state index in [0.29, 0.717) is 16.5 Å². The normalized spacial score (nSPS) is 10.5. The van der Waals surface area contributed by atoms with E-state index in [1.165, 1.54) is 12.1 Å². The molecule has 0 aliphatic carbocycles. The SMILES string of the molecule is NCc1ccc(Sc2ccc(F)cc2F)nc1. The first-order valence-electron chi connectivity index (χ1n) is 4.97. The maximum absolute atomic E-state index is 13.4. The summed E-state index contributed by atoms with van der Waals surface area (Å²) >= 11 is 1.15. The fourth-order valence-electron chi connectivity index (χ4n) is 1.26. The molecule has 2 rings (SSSR count). The molecule has 2 nitrogen and oxygen atoms in total. The van der Waals surface area contributed by atoms with Gasteiger partial charge in [0.1, 0.15) is 16.7 Å². The van der Waals surface area contributed by atoms with Crippen molar-refractivity contribution < 1.29 is 8.78 Å². The standard InChI is InChI=1S/C12H10F2N2S/c13-9-2-3-11(10(14)5-9)17-12-4-1-8(6-15)7-16-12/h1-5,7H,6,15H2. The summed E-state index contributed by atoms with van der Waals surface area (Å²) in [7, 11) is 0. The number of nitrogens with two attached hydrogens (primary N) is 1. The molecule has 0 radical (unpaired) electrons. The van der Waals surface area contributed by atoms with E-state index < -0.39 is 11.6 Å². The van der Waals surface area contributed by atoms with Crippen molar-refractivity contribution in [3.63, 3.8) is 0 Å². The van der Waals surface area contributed by atoms with Crippen molar-refractivity contribution in [3.05, 3.63) is 53.7 Å². The van der Waals surface area contributed by atoms with Crippen LogP contribution in [0.4, 0.5) is 8.78 Å². The van der Waals surface area contributed by atoms with Gasteiger partial charge >= 0.3 is 0 Å². The highest BCUT2D eigenvalue weighted by Gasteiger charge is 2.06. The van der Waals surface area contributed by atoms with E-state index in [0.717, 1.165) is 23.4 Å². The van der Waals surface area contributed by atoms with Gasteiger partial charge in [0, 0.05) is 23.7 Å². The predicted molar refractivity (Wildman–Crippen MR) is 62.6 cm³/mol. The Morgan fingerprint density at radius 1 is 1.18 bits per heavy atom. The van der Waals surface area contributed by atoms with Crippen molar-refractivity contribution in [1.29, 1.82) is 0 Å². The molecule has 2 aromatic rings. The molecule has 0 aliphatic heterocycles. The average Bonchev–Trinajstić information content (AvgIpc) is 2.34. The van der Waals surface area contributed by atoms with Gasteiger partial charge in [-0.25, -0.2) is 13.8 Å². The molecule has 0 spiro atoms. The lowest BCUT2D eigenvalue weighted by molar-refractivity contribution is 0.565. The van der Waals surface area contributed by atoms with Crippen LogP contribution in [-0.4, -0.2) is 4.98 Å². The Balaban J connectivity index is 2.19. The summed E-state index contributed by atoms with van der Waals surface area (Å²) in [5.74, 6) is -1.17. The molecule has 1 heterocycles. The first-order chi connectivity index (χ1) is 8.19. The lowest BCUT2D eigenvalue weighted by Gasteiger charge is -2.03. The highest BCUT2D eigenvalue weighted by Crippen LogP contribution is 2.28. The van der Waals surface area contributed by atoms with Gasteiger partial charge in [0.2, 0.25) is 0 Å². The van der Waals surface area contributed by atoms with E-state index in [-0.39, 0.29) is 0 Å². The Morgan fingerprint density at radius 3 is 2.59 bits per heavy atom. The molecule has 0 aliphatic rings. The molecule has 1 aromatic carbocycles. The summed E-state index contributed by atoms with van der Waals surface area (Å²) in [6, 6.07) is 7.07. The largest absolute Gasteiger partial charge is 0.326 e. The summed E-state index contributed by atoms with van der Waals surface area (Å²) in [5, 5.41) is 0.646. The number of nitrogens with zero attached hydrogens (tertiary/aromatic N) is 1. The Bertz CT molecular complexity index is 514. The van der Waals surface area contributed by atoms with Crippen LogP contribution < -0.4 is 5.73 Å². The van der Waals surface area contributed by atoms with Crippen LogP contribution >= 0.6 is 11.8 Å². The van der Waals surface area contributed by atoms with Gasteiger partial charge in [-0.3, -0.25) is 0 Å². The molecule has 0 bridgehead atoms. The van der Waals surface area contributed by atoms with Crippen molar-refractivity contribution in [3.8, 4) is 0 Å². The summed E-state index contributed by atoms with van der Waals surface area (Å²) in [6.07, 6.45) is 1.64. The van der Waals surface area contributed by atoms with Crippen LogP contribution in [0.25, 0.3) is 0 Å². The Hall–Kier alpha value is -1.46. The van der Waals surface area contributed by atoms with E-state index in [4.69, 9.17) is 5.73 Å². The van der Waals surface area contributed by atoms with Gasteiger partial charge in [-0.15, -0.1) is 0 Å². The molecule has 88 valence electrons. The molecule has 0 fully saturated rings. The van der Waals surface area contributed by atoms with Crippen LogP contribution in [0.15, 0.2) is 46.5 Å². The minimum absolute atomic E-state index is 0.347. The fourth-order valence-corrected chi connectivity index (χ4v) is 2.02. The summed E-state index contributed by atoms with van der Waals surface area (Å²) in [6.45, 7) is 0.420. The van der Waals surface area contributed by atoms with E-state index in [1.54, 1.807) is 12.3 Å². The van der Waals surface area contributed by atoms with Gasteiger partial charge < -0.3 is 5.73 Å². The van der Waals surface area contributed by atoms with Gasteiger partial charge in [-0.1, -0.05) is 17.8 Å². The highest BCUT2D eigenvalue weighted by atomic mass is 32.2. The number of hydrogen-bond donors (Lipinski definition) is 1. The van der Waals surface area contributed by atoms with Gasteiger partial charge in [-0.2, -0.15) is 0 Å². The first kappa shape index (κ1) is 12.0. The second-order valence-corrected chi connectivity index (χ2v) is 4.45. The second-order valence-electron chi connectivity index (χ2n) is 3.39. The first-order valence-corrected chi connectivity index (χ1v) is 5.78. The third-order valence-electron chi connectivity index (χ3n) is 2.14. The number of aromatic nitrogens is 1. The van der Waals surface area contributed by atoms with E-state index >= 15 is 0 Å². The number of benzene rings is 1. The zero-order valence-electron chi connectivity index (χ0n) is 8.86. The fraction of sp³-hybridized carbons (Fsp3) is 0.0833. The lowest BCUT2D eigenvalue weighted by Crippen LogP contribution is -1.96. The third-order valence-corrected chi connectivity index (χ3v) is 3.14. The molecular formula is C12H10F2N2S. The van der Waals surface area contributed by atoms with Crippen LogP contribution in [0.3, 0.4) is 0 Å². The Morgan fingerprint density at radius 2 is 2.00 bits per heavy atom. The number of pyridine rings is 1. The van der Waals surface area contributed by atoms with Crippen LogP contribution in [-0.2, 0) is 6.54 Å². The third kappa shape index (κ3) is 3.01. The molecule has 0 amide bonds. The smallest absolute Gasteiger partial charge is 0.140 e. The maximum Gasteiger partial charge on any atom is 0.140 e. The topological polar surface area (TPSA) is 38.9 Å². The predicted octanol–water partition coefficient (Wildman–Crippen LogP) is 2.97. The molecule has 0 unspecified atom stereocenters. The summed E-state index contributed by atoms with van der Waals surface area (Å²) < 4.78 is 26.1. The zero-order valence-corrected chi connectivity index (χ0v) is 9.68. The van der Waals surface area contributed by atoms with Crippen molar-refractivity contribution in [1.82, 2.24) is 4.98 Å². The second kappa shape index (κ2) is 5.25. The lowest BCUT2D eigenvalue weighted by atomic mass is 10.3. The molecule has 0 saturated carbocycles. The summed E-state index contributed by atoms with van der Waals surface area (Å²) in [4.78, 5) is 4.48. The highest BCUT2D eigenvalue weighted by molar-refractivity contribution is 7.99. The van der Waals surface area contributed by atoms with Crippen molar-refractivity contribution >= 4 is 11.8 Å². The quantitative estimate of drug-likeness (QED) is 0.912. The van der Waals surface area contributed by atoms with Gasteiger partial charge in [0.25, 0.3) is 0 Å². The summed E-state index contributed by atoms with van der Waals surface area (Å²) in [5.41, 5.74) is 6.36. The van der Waals surface area contributed by atoms with Crippen LogP contribution in [0.5, 0.6) is 0 Å². The van der Waals surface area contributed by atoms with Crippen molar-refractivity contribution in [2.75, 3.05) is 0 Å². The van der Waals surface area contributed by atoms with E-state index in [9.17, 15) is 8.78 Å². The Labute approximate surface area is 102 Å². The van der Waals surface area contributed by atoms with E-state index in [2.05, 4.69) is 4.98 Å². The van der Waals surface area contributed by atoms with Crippen LogP contribution in [0, 0.1) is 11.6 Å². The molecule has 2 N–H and O–H groups in total. The minimum Gasteiger partial charge on any atom is -0.326 e. The molecule has 0 saturated heterocycles. The zero-order chi connectivity index (χ0) is 12.3. The molecular weight excluding hydrogens is 242 g/mol. The number of hydrogen-bond acceptors (Lipinski definition) is 3. The number of rotatable bonds is 3. The molecule has 0 atom stereocenters. The monoisotopic (exact) mass is 252 g/mol. The van der Waals surface area contributed by atoms with Crippen molar-refractivity contribution in [2.45, 2.75) is 16.5 Å². The minimum atomic E-state index is -0.585. The van der Waals surface area contributed by atoms with Crippen LogP contribution in [0.2, 0.25) is 0 Å².